The van der Waals surface area contributed by atoms with E-state index in [1.807, 2.05) is 19.9 Å². The molecule has 0 saturated heterocycles. The van der Waals surface area contributed by atoms with Crippen LogP contribution in [0.4, 0.5) is 0 Å². The molecule has 140 valence electrons. The fraction of sp³-hybridized carbons (Fsp3) is 0.0870. The maximum absolute atomic E-state index is 12.6. The van der Waals surface area contributed by atoms with Gasteiger partial charge in [0.05, 0.1) is 11.1 Å². The predicted molar refractivity (Wildman–Crippen MR) is 104 cm³/mol. The first kappa shape index (κ1) is 19.0. The molecule has 0 N–H and O–H groups in total. The minimum absolute atomic E-state index is 0.0938. The van der Waals surface area contributed by atoms with Crippen molar-refractivity contribution in [2.24, 2.45) is 0 Å². The number of carbonyl (C=O) groups excluding carboxylic acids is 3. The Morgan fingerprint density at radius 3 is 1.71 bits per heavy atom. The van der Waals surface area contributed by atoms with Crippen LogP contribution in [-0.2, 0) is 0 Å². The SMILES string of the molecule is Cc1cc(C)cc(OC(=O)c2ccccc2C(=O)Oc2ccc(C=O)cc2)c1. The van der Waals surface area contributed by atoms with Gasteiger partial charge in [-0.1, -0.05) is 18.2 Å². The molecule has 0 aromatic heterocycles. The average molecular weight is 374 g/mol. The Labute approximate surface area is 162 Å². The van der Waals surface area contributed by atoms with E-state index in [0.29, 0.717) is 17.6 Å². The summed E-state index contributed by atoms with van der Waals surface area (Å²) in [6.45, 7) is 3.82. The molecule has 0 aliphatic carbocycles. The molecule has 0 atom stereocenters. The van der Waals surface area contributed by atoms with Crippen LogP contribution in [0.25, 0.3) is 0 Å². The third kappa shape index (κ3) is 4.51. The molecule has 3 aromatic rings. The highest BCUT2D eigenvalue weighted by Gasteiger charge is 2.20. The zero-order valence-electron chi connectivity index (χ0n) is 15.5. The van der Waals surface area contributed by atoms with Gasteiger partial charge in [-0.3, -0.25) is 4.79 Å². The second-order valence-corrected chi connectivity index (χ2v) is 6.33. The van der Waals surface area contributed by atoms with E-state index in [4.69, 9.17) is 9.47 Å². The third-order valence-electron chi connectivity index (χ3n) is 4.00. The second kappa shape index (κ2) is 8.31. The Balaban J connectivity index is 1.82. The molecule has 0 aliphatic heterocycles. The molecule has 0 spiro atoms. The van der Waals surface area contributed by atoms with Crippen molar-refractivity contribution in [3.8, 4) is 11.5 Å². The van der Waals surface area contributed by atoms with Crippen LogP contribution >= 0.6 is 0 Å². The van der Waals surface area contributed by atoms with Gasteiger partial charge in [0, 0.05) is 5.56 Å². The molecule has 0 aliphatic rings. The summed E-state index contributed by atoms with van der Waals surface area (Å²) in [5.41, 5.74) is 2.60. The van der Waals surface area contributed by atoms with Gasteiger partial charge >= 0.3 is 11.9 Å². The topological polar surface area (TPSA) is 69.7 Å². The standard InChI is InChI=1S/C23H18O5/c1-15-11-16(2)13-19(12-15)28-23(26)21-6-4-3-5-20(21)22(25)27-18-9-7-17(14-24)8-10-18/h3-14H,1-2H3. The second-order valence-electron chi connectivity index (χ2n) is 6.33. The van der Waals surface area contributed by atoms with Gasteiger partial charge in [-0.25, -0.2) is 9.59 Å². The molecule has 0 amide bonds. The number of ether oxygens (including phenoxy) is 2. The number of hydrogen-bond acceptors (Lipinski definition) is 5. The molecule has 0 radical (unpaired) electrons. The van der Waals surface area contributed by atoms with E-state index in [1.165, 1.54) is 36.4 Å². The number of hydrogen-bond donors (Lipinski definition) is 0. The van der Waals surface area contributed by atoms with Crippen molar-refractivity contribution in [1.29, 1.82) is 0 Å². The molecule has 0 fully saturated rings. The zero-order chi connectivity index (χ0) is 20.1. The molecular formula is C23H18O5. The van der Waals surface area contributed by atoms with Gasteiger partial charge in [-0.2, -0.15) is 0 Å². The van der Waals surface area contributed by atoms with Crippen molar-refractivity contribution in [3.05, 3.63) is 94.5 Å². The fourth-order valence-corrected chi connectivity index (χ4v) is 2.77. The van der Waals surface area contributed by atoms with Crippen LogP contribution in [-0.4, -0.2) is 18.2 Å². The number of aryl methyl sites for hydroxylation is 2. The number of aldehydes is 1. The molecular weight excluding hydrogens is 356 g/mol. The van der Waals surface area contributed by atoms with Gasteiger partial charge in [-0.05, 0) is 73.5 Å². The lowest BCUT2D eigenvalue weighted by molar-refractivity contribution is 0.0692. The molecule has 5 heteroatoms. The van der Waals surface area contributed by atoms with Gasteiger partial charge in [0.1, 0.15) is 17.8 Å². The molecule has 3 rings (SSSR count). The van der Waals surface area contributed by atoms with Gasteiger partial charge in [0.25, 0.3) is 0 Å². The Morgan fingerprint density at radius 2 is 1.21 bits per heavy atom. The van der Waals surface area contributed by atoms with Crippen LogP contribution in [0.2, 0.25) is 0 Å². The van der Waals surface area contributed by atoms with Crippen molar-refractivity contribution in [2.75, 3.05) is 0 Å². The first-order valence-corrected chi connectivity index (χ1v) is 8.63. The predicted octanol–water partition coefficient (Wildman–Crippen LogP) is 4.55. The summed E-state index contributed by atoms with van der Waals surface area (Å²) in [6.07, 6.45) is 0.698. The molecule has 0 unspecified atom stereocenters. The highest BCUT2D eigenvalue weighted by Crippen LogP contribution is 2.20. The molecule has 3 aromatic carbocycles. The summed E-state index contributed by atoms with van der Waals surface area (Å²) in [6, 6.07) is 17.9. The van der Waals surface area contributed by atoms with E-state index < -0.39 is 11.9 Å². The van der Waals surface area contributed by atoms with Crippen molar-refractivity contribution in [1.82, 2.24) is 0 Å². The minimum atomic E-state index is -0.688. The number of rotatable bonds is 5. The number of benzene rings is 3. The van der Waals surface area contributed by atoms with Gasteiger partial charge in [0.2, 0.25) is 0 Å². The van der Waals surface area contributed by atoms with Crippen molar-refractivity contribution >= 4 is 18.2 Å². The molecule has 0 heterocycles. The van der Waals surface area contributed by atoms with Gasteiger partial charge in [0.15, 0.2) is 0 Å². The highest BCUT2D eigenvalue weighted by molar-refractivity contribution is 6.04. The van der Waals surface area contributed by atoms with Crippen LogP contribution in [0.5, 0.6) is 11.5 Å². The van der Waals surface area contributed by atoms with Crippen LogP contribution in [0.3, 0.4) is 0 Å². The molecule has 28 heavy (non-hydrogen) atoms. The quantitative estimate of drug-likeness (QED) is 0.372. The van der Waals surface area contributed by atoms with Gasteiger partial charge in [-0.15, -0.1) is 0 Å². The van der Waals surface area contributed by atoms with E-state index >= 15 is 0 Å². The average Bonchev–Trinajstić information content (AvgIpc) is 2.67. The van der Waals surface area contributed by atoms with Crippen LogP contribution in [0, 0.1) is 13.8 Å². The lowest BCUT2D eigenvalue weighted by atomic mass is 10.1. The molecule has 0 bridgehead atoms. The summed E-state index contributed by atoms with van der Waals surface area (Å²) >= 11 is 0. The van der Waals surface area contributed by atoms with E-state index in [0.717, 1.165) is 11.1 Å². The Kier molecular flexibility index (Phi) is 5.65. The summed E-state index contributed by atoms with van der Waals surface area (Å²) in [4.78, 5) is 35.9. The minimum Gasteiger partial charge on any atom is -0.423 e. The van der Waals surface area contributed by atoms with Crippen LogP contribution < -0.4 is 9.47 Å². The summed E-state index contributed by atoms with van der Waals surface area (Å²) < 4.78 is 10.8. The van der Waals surface area contributed by atoms with Crippen LogP contribution in [0.1, 0.15) is 42.2 Å². The van der Waals surface area contributed by atoms with E-state index in [9.17, 15) is 14.4 Å². The largest absolute Gasteiger partial charge is 0.423 e. The maximum atomic E-state index is 12.6. The monoisotopic (exact) mass is 374 g/mol. The van der Waals surface area contributed by atoms with Gasteiger partial charge < -0.3 is 9.47 Å². The van der Waals surface area contributed by atoms with E-state index in [1.54, 1.807) is 24.3 Å². The first-order valence-electron chi connectivity index (χ1n) is 8.63. The number of esters is 2. The van der Waals surface area contributed by atoms with Crippen LogP contribution in [0.15, 0.2) is 66.7 Å². The maximum Gasteiger partial charge on any atom is 0.344 e. The fourth-order valence-electron chi connectivity index (χ4n) is 2.77. The lowest BCUT2D eigenvalue weighted by Crippen LogP contribution is -2.17. The zero-order valence-corrected chi connectivity index (χ0v) is 15.5. The van der Waals surface area contributed by atoms with Crippen molar-refractivity contribution in [2.45, 2.75) is 13.8 Å². The third-order valence-corrected chi connectivity index (χ3v) is 4.00. The lowest BCUT2D eigenvalue weighted by Gasteiger charge is -2.10. The molecule has 0 saturated carbocycles. The summed E-state index contributed by atoms with van der Waals surface area (Å²) in [5.74, 6) is -0.649. The first-order chi connectivity index (χ1) is 13.5. The smallest absolute Gasteiger partial charge is 0.344 e. The van der Waals surface area contributed by atoms with E-state index in [-0.39, 0.29) is 16.9 Å². The highest BCUT2D eigenvalue weighted by atomic mass is 16.5. The Morgan fingerprint density at radius 1 is 0.714 bits per heavy atom. The normalized spacial score (nSPS) is 10.2. The summed E-state index contributed by atoms with van der Waals surface area (Å²) in [7, 11) is 0. The van der Waals surface area contributed by atoms with Crippen molar-refractivity contribution in [3.63, 3.8) is 0 Å². The Hall–Kier alpha value is -3.73. The molecule has 5 nitrogen and oxygen atoms in total. The van der Waals surface area contributed by atoms with E-state index in [2.05, 4.69) is 0 Å². The number of carbonyl (C=O) groups is 3. The summed E-state index contributed by atoms with van der Waals surface area (Å²) in [5, 5.41) is 0. The Bertz CT molecular complexity index is 1010. The van der Waals surface area contributed by atoms with Crippen molar-refractivity contribution < 1.29 is 23.9 Å².